The number of carbonyl (C=O) groups excluding carboxylic acids is 1. The highest BCUT2D eigenvalue weighted by Gasteiger charge is 2.18. The molecule has 15 heavy (non-hydrogen) atoms. The molecule has 0 fully saturated rings. The molecule has 0 aromatic heterocycles. The van der Waals surface area contributed by atoms with Gasteiger partial charge in [0, 0.05) is 0 Å². The first-order chi connectivity index (χ1) is 7.06. The Kier molecular flexibility index (Phi) is 4.15. The van der Waals surface area contributed by atoms with Gasteiger partial charge in [0.25, 0.3) is 0 Å². The molecule has 1 aromatic rings. The minimum atomic E-state index is -0.704. The Labute approximate surface area is 95.2 Å². The molecule has 0 saturated heterocycles. The molecule has 1 atom stereocenters. The number of rotatable bonds is 3. The Hall–Kier alpha value is -1.02. The molecule has 2 nitrogen and oxygen atoms in total. The maximum absolute atomic E-state index is 11.4. The number of hydrogen-bond donors (Lipinski definition) is 0. The average Bonchev–Trinajstić information content (AvgIpc) is 2.21. The van der Waals surface area contributed by atoms with Gasteiger partial charge in [-0.3, -0.25) is 4.79 Å². The summed E-state index contributed by atoms with van der Waals surface area (Å²) in [7, 11) is 0. The van der Waals surface area contributed by atoms with Crippen molar-refractivity contribution in [2.75, 3.05) is 6.61 Å². The van der Waals surface area contributed by atoms with Gasteiger partial charge in [-0.25, -0.2) is 0 Å². The molecule has 0 saturated carbocycles. The fourth-order valence-corrected chi connectivity index (χ4v) is 1.47. The van der Waals surface area contributed by atoms with Gasteiger partial charge in [0.1, 0.15) is 0 Å². The van der Waals surface area contributed by atoms with E-state index >= 15 is 0 Å². The summed E-state index contributed by atoms with van der Waals surface area (Å²) >= 11 is 5.99. The van der Waals surface area contributed by atoms with Gasteiger partial charge in [0.2, 0.25) is 0 Å². The number of esters is 1. The third-order valence-corrected chi connectivity index (χ3v) is 2.75. The van der Waals surface area contributed by atoms with Crippen molar-refractivity contribution in [1.29, 1.82) is 0 Å². The molecule has 0 heterocycles. The fourth-order valence-electron chi connectivity index (χ4n) is 1.27. The van der Waals surface area contributed by atoms with Crippen molar-refractivity contribution < 1.29 is 9.53 Å². The van der Waals surface area contributed by atoms with Gasteiger partial charge in [-0.2, -0.15) is 0 Å². The van der Waals surface area contributed by atoms with Crippen molar-refractivity contribution >= 4 is 17.6 Å². The van der Waals surface area contributed by atoms with Crippen molar-refractivity contribution in [3.63, 3.8) is 0 Å². The van der Waals surface area contributed by atoms with Crippen molar-refractivity contribution in [2.24, 2.45) is 0 Å². The Morgan fingerprint density at radius 3 is 2.60 bits per heavy atom. The molecular formula is C12H15ClO2. The van der Waals surface area contributed by atoms with Crippen LogP contribution in [0.5, 0.6) is 0 Å². The lowest BCUT2D eigenvalue weighted by Crippen LogP contribution is -2.11. The molecule has 0 radical (unpaired) electrons. The smallest absolute Gasteiger partial charge is 0.328 e. The predicted octanol–water partition coefficient (Wildman–Crippen LogP) is 3.15. The van der Waals surface area contributed by atoms with Crippen LogP contribution in [0.25, 0.3) is 0 Å². The lowest BCUT2D eigenvalue weighted by molar-refractivity contribution is -0.142. The minimum Gasteiger partial charge on any atom is -0.465 e. The monoisotopic (exact) mass is 226 g/mol. The first-order valence-electron chi connectivity index (χ1n) is 4.94. The maximum atomic E-state index is 11.4. The Morgan fingerprint density at radius 1 is 1.40 bits per heavy atom. The molecule has 0 N–H and O–H groups in total. The van der Waals surface area contributed by atoms with E-state index in [0.29, 0.717) is 6.61 Å². The standard InChI is InChI=1S/C12H15ClO2/c1-4-15-12(14)11(13)10-6-5-8(2)9(3)7-10/h5-7,11H,4H2,1-3H3/t11-/m0/s1. The summed E-state index contributed by atoms with van der Waals surface area (Å²) < 4.78 is 4.86. The highest BCUT2D eigenvalue weighted by Crippen LogP contribution is 2.23. The van der Waals surface area contributed by atoms with Crippen molar-refractivity contribution in [3.8, 4) is 0 Å². The van der Waals surface area contributed by atoms with E-state index < -0.39 is 5.38 Å². The van der Waals surface area contributed by atoms with Gasteiger partial charge in [-0.1, -0.05) is 18.2 Å². The summed E-state index contributed by atoms with van der Waals surface area (Å²) in [4.78, 5) is 11.4. The van der Waals surface area contributed by atoms with Gasteiger partial charge in [0.15, 0.2) is 5.38 Å². The van der Waals surface area contributed by atoms with Crippen molar-refractivity contribution in [2.45, 2.75) is 26.1 Å². The van der Waals surface area contributed by atoms with Gasteiger partial charge in [-0.05, 0) is 37.5 Å². The second-order valence-corrected chi connectivity index (χ2v) is 3.89. The van der Waals surface area contributed by atoms with E-state index in [2.05, 4.69) is 0 Å². The largest absolute Gasteiger partial charge is 0.465 e. The number of halogens is 1. The molecule has 1 rings (SSSR count). The number of alkyl halides is 1. The van der Waals surface area contributed by atoms with Crippen molar-refractivity contribution in [1.82, 2.24) is 0 Å². The normalized spacial score (nSPS) is 12.3. The van der Waals surface area contributed by atoms with E-state index in [1.165, 1.54) is 5.56 Å². The minimum absolute atomic E-state index is 0.354. The average molecular weight is 227 g/mol. The number of carbonyl (C=O) groups is 1. The van der Waals surface area contributed by atoms with Crippen molar-refractivity contribution in [3.05, 3.63) is 34.9 Å². The second kappa shape index (κ2) is 5.17. The van der Waals surface area contributed by atoms with Crippen LogP contribution in [0.2, 0.25) is 0 Å². The lowest BCUT2D eigenvalue weighted by Gasteiger charge is -2.10. The molecule has 0 aliphatic heterocycles. The van der Waals surface area contributed by atoms with Gasteiger partial charge in [-0.15, -0.1) is 11.6 Å². The number of hydrogen-bond acceptors (Lipinski definition) is 2. The van der Waals surface area contributed by atoms with E-state index in [4.69, 9.17) is 16.3 Å². The Morgan fingerprint density at radius 2 is 2.07 bits per heavy atom. The fraction of sp³-hybridized carbons (Fsp3) is 0.417. The van der Waals surface area contributed by atoms with Crippen LogP contribution in [-0.2, 0) is 9.53 Å². The number of benzene rings is 1. The van der Waals surface area contributed by atoms with Crippen LogP contribution in [0.3, 0.4) is 0 Å². The van der Waals surface area contributed by atoms with Gasteiger partial charge >= 0.3 is 5.97 Å². The molecule has 0 unspecified atom stereocenters. The quantitative estimate of drug-likeness (QED) is 0.585. The zero-order chi connectivity index (χ0) is 11.4. The molecule has 0 aliphatic carbocycles. The van der Waals surface area contributed by atoms with E-state index in [0.717, 1.165) is 11.1 Å². The summed E-state index contributed by atoms with van der Waals surface area (Å²) in [6, 6.07) is 5.74. The van der Waals surface area contributed by atoms with Crippen LogP contribution in [0.15, 0.2) is 18.2 Å². The highest BCUT2D eigenvalue weighted by atomic mass is 35.5. The first kappa shape index (κ1) is 12.1. The molecule has 1 aromatic carbocycles. The first-order valence-corrected chi connectivity index (χ1v) is 5.37. The molecular weight excluding hydrogens is 212 g/mol. The zero-order valence-electron chi connectivity index (χ0n) is 9.21. The van der Waals surface area contributed by atoms with Crippen LogP contribution in [0.4, 0.5) is 0 Å². The topological polar surface area (TPSA) is 26.3 Å². The second-order valence-electron chi connectivity index (χ2n) is 3.46. The van der Waals surface area contributed by atoms with E-state index in [9.17, 15) is 4.79 Å². The van der Waals surface area contributed by atoms with Gasteiger partial charge < -0.3 is 4.74 Å². The predicted molar refractivity (Wildman–Crippen MR) is 61.1 cm³/mol. The van der Waals surface area contributed by atoms with Crippen LogP contribution in [0.1, 0.15) is 29.0 Å². The van der Waals surface area contributed by atoms with Crippen LogP contribution < -0.4 is 0 Å². The molecule has 0 amide bonds. The van der Waals surface area contributed by atoms with Crippen LogP contribution in [0, 0.1) is 13.8 Å². The van der Waals surface area contributed by atoms with Crippen LogP contribution in [-0.4, -0.2) is 12.6 Å². The molecule has 0 bridgehead atoms. The van der Waals surface area contributed by atoms with E-state index in [1.807, 2.05) is 32.0 Å². The van der Waals surface area contributed by atoms with E-state index in [1.54, 1.807) is 6.92 Å². The SMILES string of the molecule is CCOC(=O)[C@@H](Cl)c1ccc(C)c(C)c1. The highest BCUT2D eigenvalue weighted by molar-refractivity contribution is 6.29. The summed E-state index contributed by atoms with van der Waals surface area (Å²) in [6.07, 6.45) is 0. The maximum Gasteiger partial charge on any atom is 0.328 e. The summed E-state index contributed by atoms with van der Waals surface area (Å²) in [5.41, 5.74) is 3.10. The molecule has 0 spiro atoms. The Bertz CT molecular complexity index is 361. The molecule has 82 valence electrons. The third kappa shape index (κ3) is 2.96. The summed E-state index contributed by atoms with van der Waals surface area (Å²) in [5, 5.41) is -0.704. The zero-order valence-corrected chi connectivity index (χ0v) is 9.97. The number of ether oxygens (including phenoxy) is 1. The van der Waals surface area contributed by atoms with Crippen LogP contribution >= 0.6 is 11.6 Å². The Balaban J connectivity index is 2.86. The summed E-state index contributed by atoms with van der Waals surface area (Å²) in [6.45, 7) is 6.13. The molecule has 3 heteroatoms. The number of aryl methyl sites for hydroxylation is 2. The van der Waals surface area contributed by atoms with E-state index in [-0.39, 0.29) is 5.97 Å². The summed E-state index contributed by atoms with van der Waals surface area (Å²) in [5.74, 6) is -0.387. The molecule has 0 aliphatic rings. The third-order valence-electron chi connectivity index (χ3n) is 2.32. The lowest BCUT2D eigenvalue weighted by atomic mass is 10.0. The van der Waals surface area contributed by atoms with Gasteiger partial charge in [0.05, 0.1) is 6.61 Å².